The van der Waals surface area contributed by atoms with Gasteiger partial charge in [-0.15, -0.1) is 0 Å². The first-order chi connectivity index (χ1) is 6.93. The van der Waals surface area contributed by atoms with Crippen LogP contribution in [0.1, 0.15) is 35.8 Å². The molecule has 0 aliphatic heterocycles. The average molecular weight is 211 g/mol. The van der Waals surface area contributed by atoms with Crippen molar-refractivity contribution >= 4 is 11.9 Å². The average Bonchev–Trinajstić information content (AvgIpc) is 2.46. The highest BCUT2D eigenvalue weighted by Gasteiger charge is 2.18. The summed E-state index contributed by atoms with van der Waals surface area (Å²) in [7, 11) is 0. The molecule has 0 aromatic carbocycles. The van der Waals surface area contributed by atoms with Crippen LogP contribution < -0.4 is 0 Å². The maximum Gasteiger partial charge on any atom is 0.337 e. The molecule has 0 unspecified atom stereocenters. The fourth-order valence-corrected chi connectivity index (χ4v) is 1.59. The standard InChI is InChI=1S/C10H13NO4/c1-6(2)9-7(10(14)15)3-4-11(9)5-8(12)13/h3-4,6H,5H2,1-2H3,(H,12,13)(H,14,15). The minimum Gasteiger partial charge on any atom is -0.480 e. The third-order valence-electron chi connectivity index (χ3n) is 2.09. The number of hydrogen-bond acceptors (Lipinski definition) is 2. The Bertz CT molecular complexity index is 392. The topological polar surface area (TPSA) is 79.5 Å². The van der Waals surface area contributed by atoms with Crippen molar-refractivity contribution in [3.8, 4) is 0 Å². The number of carboxylic acid groups (broad SMARTS) is 2. The largest absolute Gasteiger partial charge is 0.480 e. The second kappa shape index (κ2) is 4.16. The SMILES string of the molecule is CC(C)c1c(C(=O)O)ccn1CC(=O)O. The number of carboxylic acids is 2. The van der Waals surface area contributed by atoms with Gasteiger partial charge in [-0.05, 0) is 12.0 Å². The lowest BCUT2D eigenvalue weighted by Gasteiger charge is -2.11. The summed E-state index contributed by atoms with van der Waals surface area (Å²) in [5, 5.41) is 17.6. The molecular weight excluding hydrogens is 198 g/mol. The van der Waals surface area contributed by atoms with Crippen LogP contribution in [0.3, 0.4) is 0 Å². The van der Waals surface area contributed by atoms with E-state index >= 15 is 0 Å². The van der Waals surface area contributed by atoms with Gasteiger partial charge in [-0.1, -0.05) is 13.8 Å². The molecule has 0 bridgehead atoms. The molecule has 0 atom stereocenters. The van der Waals surface area contributed by atoms with Crippen molar-refractivity contribution in [3.63, 3.8) is 0 Å². The summed E-state index contributed by atoms with van der Waals surface area (Å²) < 4.78 is 1.45. The summed E-state index contributed by atoms with van der Waals surface area (Å²) in [4.78, 5) is 21.4. The minimum absolute atomic E-state index is 0.0227. The molecule has 0 amide bonds. The molecular formula is C10H13NO4. The van der Waals surface area contributed by atoms with Crippen LogP contribution in [0.2, 0.25) is 0 Å². The highest BCUT2D eigenvalue weighted by Crippen LogP contribution is 2.21. The van der Waals surface area contributed by atoms with Gasteiger partial charge >= 0.3 is 11.9 Å². The van der Waals surface area contributed by atoms with E-state index < -0.39 is 11.9 Å². The fourth-order valence-electron chi connectivity index (χ4n) is 1.59. The monoisotopic (exact) mass is 211 g/mol. The van der Waals surface area contributed by atoms with Crippen LogP contribution in [-0.2, 0) is 11.3 Å². The zero-order chi connectivity index (χ0) is 11.6. The number of aromatic carboxylic acids is 1. The Labute approximate surface area is 87.0 Å². The molecule has 2 N–H and O–H groups in total. The Morgan fingerprint density at radius 3 is 2.40 bits per heavy atom. The molecule has 0 saturated carbocycles. The van der Waals surface area contributed by atoms with Gasteiger partial charge in [-0.3, -0.25) is 4.79 Å². The predicted octanol–water partition coefficient (Wildman–Crippen LogP) is 1.39. The fraction of sp³-hybridized carbons (Fsp3) is 0.400. The van der Waals surface area contributed by atoms with Gasteiger partial charge in [-0.25, -0.2) is 4.79 Å². The van der Waals surface area contributed by atoms with Crippen molar-refractivity contribution in [1.82, 2.24) is 4.57 Å². The number of aromatic nitrogens is 1. The van der Waals surface area contributed by atoms with Crippen LogP contribution in [0.4, 0.5) is 0 Å². The van der Waals surface area contributed by atoms with E-state index in [-0.39, 0.29) is 18.0 Å². The van der Waals surface area contributed by atoms with Crippen LogP contribution >= 0.6 is 0 Å². The number of rotatable bonds is 4. The first-order valence-electron chi connectivity index (χ1n) is 4.57. The van der Waals surface area contributed by atoms with Crippen LogP contribution in [0.5, 0.6) is 0 Å². The smallest absolute Gasteiger partial charge is 0.337 e. The zero-order valence-corrected chi connectivity index (χ0v) is 8.60. The Hall–Kier alpha value is -1.78. The highest BCUT2D eigenvalue weighted by atomic mass is 16.4. The van der Waals surface area contributed by atoms with E-state index in [9.17, 15) is 9.59 Å². The first kappa shape index (κ1) is 11.3. The maximum absolute atomic E-state index is 10.9. The summed E-state index contributed by atoms with van der Waals surface area (Å²) in [5.41, 5.74) is 0.719. The second-order valence-electron chi connectivity index (χ2n) is 3.60. The second-order valence-corrected chi connectivity index (χ2v) is 3.60. The van der Waals surface area contributed by atoms with Crippen molar-refractivity contribution < 1.29 is 19.8 Å². The van der Waals surface area contributed by atoms with Crippen molar-refractivity contribution in [1.29, 1.82) is 0 Å². The van der Waals surface area contributed by atoms with E-state index in [2.05, 4.69) is 0 Å². The summed E-state index contributed by atoms with van der Waals surface area (Å²) in [6.45, 7) is 3.46. The van der Waals surface area contributed by atoms with Gasteiger partial charge in [0.25, 0.3) is 0 Å². The molecule has 15 heavy (non-hydrogen) atoms. The highest BCUT2D eigenvalue weighted by molar-refractivity contribution is 5.89. The van der Waals surface area contributed by atoms with E-state index in [1.165, 1.54) is 16.8 Å². The van der Waals surface area contributed by atoms with Gasteiger partial charge in [-0.2, -0.15) is 0 Å². The third-order valence-corrected chi connectivity index (χ3v) is 2.09. The van der Waals surface area contributed by atoms with Crippen LogP contribution in [0, 0.1) is 0 Å². The molecule has 0 saturated heterocycles. The molecule has 1 aromatic heterocycles. The molecule has 5 heteroatoms. The lowest BCUT2D eigenvalue weighted by Crippen LogP contribution is -2.13. The van der Waals surface area contributed by atoms with E-state index in [4.69, 9.17) is 10.2 Å². The molecule has 1 rings (SSSR count). The number of hydrogen-bond donors (Lipinski definition) is 2. The molecule has 0 aliphatic rings. The Morgan fingerprint density at radius 2 is 2.00 bits per heavy atom. The van der Waals surface area contributed by atoms with Gasteiger partial charge in [0.2, 0.25) is 0 Å². The Kier molecular flexibility index (Phi) is 3.14. The lowest BCUT2D eigenvalue weighted by molar-refractivity contribution is -0.137. The van der Waals surface area contributed by atoms with E-state index in [1.54, 1.807) is 0 Å². The van der Waals surface area contributed by atoms with Crippen LogP contribution in [-0.4, -0.2) is 26.7 Å². The van der Waals surface area contributed by atoms with E-state index in [0.29, 0.717) is 5.69 Å². The minimum atomic E-state index is -1.03. The number of nitrogens with zero attached hydrogens (tertiary/aromatic N) is 1. The van der Waals surface area contributed by atoms with Gasteiger partial charge in [0, 0.05) is 11.9 Å². The molecule has 1 aromatic rings. The number of carbonyl (C=O) groups is 2. The summed E-state index contributed by atoms with van der Waals surface area (Å²) in [6, 6.07) is 1.43. The number of aliphatic carboxylic acids is 1. The predicted molar refractivity (Wildman–Crippen MR) is 53.1 cm³/mol. The molecule has 0 fully saturated rings. The molecule has 0 radical (unpaired) electrons. The van der Waals surface area contributed by atoms with Crippen molar-refractivity contribution in [2.45, 2.75) is 26.3 Å². The Balaban J connectivity index is 3.17. The molecule has 5 nitrogen and oxygen atoms in total. The van der Waals surface area contributed by atoms with Crippen molar-refractivity contribution in [2.24, 2.45) is 0 Å². The lowest BCUT2D eigenvalue weighted by atomic mass is 10.1. The Morgan fingerprint density at radius 1 is 1.40 bits per heavy atom. The van der Waals surface area contributed by atoms with Crippen molar-refractivity contribution in [3.05, 3.63) is 23.5 Å². The molecule has 0 spiro atoms. The summed E-state index contributed by atoms with van der Waals surface area (Å²) in [6.07, 6.45) is 1.49. The normalized spacial score (nSPS) is 10.6. The summed E-state index contributed by atoms with van der Waals surface area (Å²) >= 11 is 0. The third kappa shape index (κ3) is 2.37. The first-order valence-corrected chi connectivity index (χ1v) is 4.57. The van der Waals surface area contributed by atoms with Gasteiger partial charge in [0.05, 0.1) is 5.56 Å². The van der Waals surface area contributed by atoms with Crippen LogP contribution in [0.15, 0.2) is 12.3 Å². The summed E-state index contributed by atoms with van der Waals surface area (Å²) in [5.74, 6) is -2.03. The maximum atomic E-state index is 10.9. The molecule has 82 valence electrons. The zero-order valence-electron chi connectivity index (χ0n) is 8.60. The van der Waals surface area contributed by atoms with E-state index in [1.807, 2.05) is 13.8 Å². The molecule has 1 heterocycles. The van der Waals surface area contributed by atoms with E-state index in [0.717, 1.165) is 0 Å². The van der Waals surface area contributed by atoms with Crippen LogP contribution in [0.25, 0.3) is 0 Å². The van der Waals surface area contributed by atoms with Crippen molar-refractivity contribution in [2.75, 3.05) is 0 Å². The van der Waals surface area contributed by atoms with Gasteiger partial charge in [0.15, 0.2) is 0 Å². The molecule has 0 aliphatic carbocycles. The quantitative estimate of drug-likeness (QED) is 0.788. The van der Waals surface area contributed by atoms with Gasteiger partial charge in [0.1, 0.15) is 6.54 Å². The van der Waals surface area contributed by atoms with Gasteiger partial charge < -0.3 is 14.8 Å².